The first-order valence-electron chi connectivity index (χ1n) is 8.86. The number of benzene rings is 3. The molecule has 25 heavy (non-hydrogen) atoms. The molecule has 0 saturated heterocycles. The fourth-order valence-corrected chi connectivity index (χ4v) is 3.21. The van der Waals surface area contributed by atoms with Gasteiger partial charge >= 0.3 is 0 Å². The molecular weight excluding hydrogens is 306 g/mol. The minimum atomic E-state index is 0.230. The van der Waals surface area contributed by atoms with Gasteiger partial charge in [-0.05, 0) is 53.3 Å². The summed E-state index contributed by atoms with van der Waals surface area (Å²) in [4.78, 5) is 0. The third kappa shape index (κ3) is 4.16. The Labute approximate surface area is 150 Å². The molecule has 0 bridgehead atoms. The maximum Gasteiger partial charge on any atom is 0.0443 e. The Bertz CT molecular complexity index is 797. The molecule has 0 aliphatic carbocycles. The van der Waals surface area contributed by atoms with E-state index in [2.05, 4.69) is 85.0 Å². The van der Waals surface area contributed by atoms with E-state index in [-0.39, 0.29) is 6.61 Å². The highest BCUT2D eigenvalue weighted by Gasteiger charge is 2.13. The first kappa shape index (κ1) is 17.4. The summed E-state index contributed by atoms with van der Waals surface area (Å²) in [6.45, 7) is 4.09. The maximum absolute atomic E-state index is 8.93. The van der Waals surface area contributed by atoms with Crippen LogP contribution in [0.3, 0.4) is 0 Å². The number of aliphatic hydroxyl groups is 1. The van der Waals surface area contributed by atoms with Gasteiger partial charge in [0, 0.05) is 13.2 Å². The van der Waals surface area contributed by atoms with E-state index >= 15 is 0 Å². The van der Waals surface area contributed by atoms with Crippen molar-refractivity contribution in [1.29, 1.82) is 0 Å². The first-order valence-corrected chi connectivity index (χ1v) is 8.86. The van der Waals surface area contributed by atoms with Crippen LogP contribution in [0.15, 0.2) is 72.8 Å². The molecule has 0 spiro atoms. The second kappa shape index (κ2) is 8.61. The van der Waals surface area contributed by atoms with Gasteiger partial charge in [-0.2, -0.15) is 0 Å². The van der Waals surface area contributed by atoms with Crippen LogP contribution in [0.5, 0.6) is 0 Å². The molecule has 2 heteroatoms. The number of nitrogens with one attached hydrogen (secondary N) is 1. The van der Waals surface area contributed by atoms with Crippen molar-refractivity contribution in [3.8, 4) is 22.3 Å². The summed E-state index contributed by atoms with van der Waals surface area (Å²) < 4.78 is 0. The molecule has 0 aliphatic heterocycles. The van der Waals surface area contributed by atoms with Crippen molar-refractivity contribution in [2.24, 2.45) is 0 Å². The third-order valence-corrected chi connectivity index (χ3v) is 4.55. The lowest BCUT2D eigenvalue weighted by Gasteiger charge is -2.18. The molecule has 2 nitrogen and oxygen atoms in total. The molecule has 128 valence electrons. The topological polar surface area (TPSA) is 32.3 Å². The number of hydrogen-bond acceptors (Lipinski definition) is 2. The van der Waals surface area contributed by atoms with E-state index in [1.807, 2.05) is 0 Å². The molecule has 0 aliphatic rings. The Balaban J connectivity index is 2.03. The van der Waals surface area contributed by atoms with E-state index < -0.39 is 0 Å². The van der Waals surface area contributed by atoms with Crippen LogP contribution in [-0.4, -0.2) is 18.3 Å². The lowest BCUT2D eigenvalue weighted by molar-refractivity contribution is 0.286. The zero-order valence-corrected chi connectivity index (χ0v) is 14.7. The van der Waals surface area contributed by atoms with Gasteiger partial charge in [-0.3, -0.25) is 0 Å². The highest BCUT2D eigenvalue weighted by atomic mass is 16.3. The molecule has 0 heterocycles. The van der Waals surface area contributed by atoms with Crippen molar-refractivity contribution in [3.63, 3.8) is 0 Å². The molecule has 3 aromatic rings. The van der Waals surface area contributed by atoms with Gasteiger partial charge in [0.05, 0.1) is 0 Å². The normalized spacial score (nSPS) is 10.8. The van der Waals surface area contributed by atoms with Gasteiger partial charge in [0.25, 0.3) is 0 Å². The van der Waals surface area contributed by atoms with Crippen LogP contribution in [0.1, 0.15) is 17.5 Å². The molecule has 0 amide bonds. The Kier molecular flexibility index (Phi) is 5.99. The van der Waals surface area contributed by atoms with E-state index in [0.29, 0.717) is 0 Å². The van der Waals surface area contributed by atoms with Crippen molar-refractivity contribution in [3.05, 3.63) is 83.9 Å². The van der Waals surface area contributed by atoms with E-state index in [9.17, 15) is 0 Å². The highest BCUT2D eigenvalue weighted by Crippen LogP contribution is 2.36. The summed E-state index contributed by atoms with van der Waals surface area (Å²) in [6.07, 6.45) is 0.784. The average molecular weight is 331 g/mol. The summed E-state index contributed by atoms with van der Waals surface area (Å²) in [7, 11) is 0. The van der Waals surface area contributed by atoms with Crippen molar-refractivity contribution in [2.75, 3.05) is 13.2 Å². The standard InChI is InChI=1S/C23H25NO/c1-18-21(17-24-15-8-16-25)13-14-22(19-9-4-2-5-10-19)23(18)20-11-6-3-7-12-20/h2-7,9-14,24-25H,8,15-17H2,1H3. The predicted octanol–water partition coefficient (Wildman–Crippen LogP) is 4.80. The second-order valence-electron chi connectivity index (χ2n) is 6.26. The summed E-state index contributed by atoms with van der Waals surface area (Å²) in [6, 6.07) is 25.6. The van der Waals surface area contributed by atoms with Gasteiger partial charge in [-0.25, -0.2) is 0 Å². The van der Waals surface area contributed by atoms with E-state index in [1.54, 1.807) is 0 Å². The SMILES string of the molecule is Cc1c(CNCCCO)ccc(-c2ccccc2)c1-c1ccccc1. The molecule has 0 aromatic heterocycles. The van der Waals surface area contributed by atoms with Crippen molar-refractivity contribution < 1.29 is 5.11 Å². The van der Waals surface area contributed by atoms with Gasteiger partial charge in [0.1, 0.15) is 0 Å². The molecule has 0 radical (unpaired) electrons. The first-order chi connectivity index (χ1) is 12.3. The quantitative estimate of drug-likeness (QED) is 0.610. The molecule has 2 N–H and O–H groups in total. The summed E-state index contributed by atoms with van der Waals surface area (Å²) in [5.41, 5.74) is 7.66. The summed E-state index contributed by atoms with van der Waals surface area (Å²) in [5, 5.41) is 12.4. The van der Waals surface area contributed by atoms with Crippen LogP contribution in [-0.2, 0) is 6.54 Å². The van der Waals surface area contributed by atoms with Crippen LogP contribution in [0.4, 0.5) is 0 Å². The highest BCUT2D eigenvalue weighted by molar-refractivity contribution is 5.86. The molecule has 0 saturated carbocycles. The van der Waals surface area contributed by atoms with Crippen LogP contribution < -0.4 is 5.32 Å². The zero-order valence-electron chi connectivity index (χ0n) is 14.7. The molecule has 3 rings (SSSR count). The smallest absolute Gasteiger partial charge is 0.0443 e. The molecule has 0 fully saturated rings. The molecule has 0 unspecified atom stereocenters. The van der Waals surface area contributed by atoms with Gasteiger partial charge in [0.15, 0.2) is 0 Å². The fourth-order valence-electron chi connectivity index (χ4n) is 3.21. The number of hydrogen-bond donors (Lipinski definition) is 2. The largest absolute Gasteiger partial charge is 0.396 e. The van der Waals surface area contributed by atoms with Crippen LogP contribution >= 0.6 is 0 Å². The van der Waals surface area contributed by atoms with Gasteiger partial charge in [-0.1, -0.05) is 72.8 Å². The van der Waals surface area contributed by atoms with Crippen LogP contribution in [0.2, 0.25) is 0 Å². The third-order valence-electron chi connectivity index (χ3n) is 4.55. The maximum atomic E-state index is 8.93. The number of rotatable bonds is 7. The Morgan fingerprint density at radius 3 is 2.08 bits per heavy atom. The summed E-state index contributed by atoms with van der Waals surface area (Å²) in [5.74, 6) is 0. The van der Waals surface area contributed by atoms with Gasteiger partial charge < -0.3 is 10.4 Å². The molecule has 3 aromatic carbocycles. The Morgan fingerprint density at radius 2 is 1.44 bits per heavy atom. The van der Waals surface area contributed by atoms with E-state index in [0.717, 1.165) is 19.5 Å². The minimum absolute atomic E-state index is 0.230. The second-order valence-corrected chi connectivity index (χ2v) is 6.26. The van der Waals surface area contributed by atoms with Crippen molar-refractivity contribution in [1.82, 2.24) is 5.32 Å². The van der Waals surface area contributed by atoms with Crippen molar-refractivity contribution >= 4 is 0 Å². The van der Waals surface area contributed by atoms with Gasteiger partial charge in [-0.15, -0.1) is 0 Å². The predicted molar refractivity (Wildman–Crippen MR) is 105 cm³/mol. The van der Waals surface area contributed by atoms with Crippen LogP contribution in [0, 0.1) is 6.92 Å². The lowest BCUT2D eigenvalue weighted by atomic mass is 9.88. The Hall–Kier alpha value is -2.42. The fraction of sp³-hybridized carbons (Fsp3) is 0.217. The average Bonchev–Trinajstić information content (AvgIpc) is 2.67. The molecule has 0 atom stereocenters. The lowest BCUT2D eigenvalue weighted by Crippen LogP contribution is -2.16. The van der Waals surface area contributed by atoms with E-state index in [4.69, 9.17) is 5.11 Å². The van der Waals surface area contributed by atoms with Crippen LogP contribution in [0.25, 0.3) is 22.3 Å². The van der Waals surface area contributed by atoms with Crippen molar-refractivity contribution in [2.45, 2.75) is 19.9 Å². The molecular formula is C23H25NO. The zero-order chi connectivity index (χ0) is 17.5. The number of aliphatic hydroxyl groups excluding tert-OH is 1. The summed E-state index contributed by atoms with van der Waals surface area (Å²) >= 11 is 0. The van der Waals surface area contributed by atoms with E-state index in [1.165, 1.54) is 33.4 Å². The van der Waals surface area contributed by atoms with Gasteiger partial charge in [0.2, 0.25) is 0 Å². The minimum Gasteiger partial charge on any atom is -0.396 e. The monoisotopic (exact) mass is 331 g/mol. The Morgan fingerprint density at radius 1 is 0.800 bits per heavy atom.